The fourth-order valence-electron chi connectivity index (χ4n) is 1.56. The lowest BCUT2D eigenvalue weighted by atomic mass is 10.0. The first-order chi connectivity index (χ1) is 7.72. The highest BCUT2D eigenvalue weighted by Crippen LogP contribution is 2.31. The Hall–Kier alpha value is -1.22. The summed E-state index contributed by atoms with van der Waals surface area (Å²) in [5, 5.41) is 0. The van der Waals surface area contributed by atoms with Gasteiger partial charge < -0.3 is 0 Å². The Balaban J connectivity index is 2.56. The van der Waals surface area contributed by atoms with Crippen LogP contribution in [0.15, 0.2) is 46.9 Å². The van der Waals surface area contributed by atoms with Crippen LogP contribution in [0, 0.1) is 5.82 Å². The average Bonchev–Trinajstić information content (AvgIpc) is 2.29. The Morgan fingerprint density at radius 3 is 2.50 bits per heavy atom. The van der Waals surface area contributed by atoms with Crippen LogP contribution in [0.1, 0.15) is 5.56 Å². The topological polar surface area (TPSA) is 0 Å². The van der Waals surface area contributed by atoms with E-state index in [4.69, 9.17) is 0 Å². The highest BCUT2D eigenvalue weighted by atomic mass is 79.9. The van der Waals surface area contributed by atoms with Crippen molar-refractivity contribution in [3.05, 3.63) is 58.3 Å². The van der Waals surface area contributed by atoms with E-state index in [1.165, 1.54) is 12.1 Å². The molecule has 0 heterocycles. The second kappa shape index (κ2) is 4.74. The zero-order valence-corrected chi connectivity index (χ0v) is 9.97. The molecule has 0 unspecified atom stereocenters. The monoisotopic (exact) mass is 282 g/mol. The summed E-state index contributed by atoms with van der Waals surface area (Å²) in [6, 6.07) is 11.5. The molecule has 0 aliphatic rings. The Kier molecular flexibility index (Phi) is 3.34. The van der Waals surface area contributed by atoms with E-state index in [0.29, 0.717) is 10.0 Å². The SMILES string of the molecule is FCc1cccc(-c2cccc(F)c2)c1Br. The minimum Gasteiger partial charge on any atom is -0.246 e. The molecule has 0 saturated carbocycles. The van der Waals surface area contributed by atoms with Crippen LogP contribution in [0.3, 0.4) is 0 Å². The minimum absolute atomic E-state index is 0.296. The first-order valence-corrected chi connectivity index (χ1v) is 5.61. The van der Waals surface area contributed by atoms with E-state index in [2.05, 4.69) is 15.9 Å². The van der Waals surface area contributed by atoms with Gasteiger partial charge in [-0.1, -0.05) is 30.3 Å². The molecule has 3 heteroatoms. The molecule has 0 spiro atoms. The first-order valence-electron chi connectivity index (χ1n) is 4.81. The molecule has 0 radical (unpaired) electrons. The smallest absolute Gasteiger partial charge is 0.123 e. The van der Waals surface area contributed by atoms with Gasteiger partial charge in [0.2, 0.25) is 0 Å². The zero-order chi connectivity index (χ0) is 11.5. The van der Waals surface area contributed by atoms with Crippen molar-refractivity contribution in [3.8, 4) is 11.1 Å². The van der Waals surface area contributed by atoms with E-state index in [0.717, 1.165) is 11.1 Å². The van der Waals surface area contributed by atoms with Gasteiger partial charge in [0, 0.05) is 4.47 Å². The predicted octanol–water partition coefficient (Wildman–Crippen LogP) is 4.72. The van der Waals surface area contributed by atoms with Crippen LogP contribution in [-0.4, -0.2) is 0 Å². The van der Waals surface area contributed by atoms with E-state index in [1.54, 1.807) is 24.3 Å². The molecular weight excluding hydrogens is 274 g/mol. The number of halogens is 3. The second-order valence-electron chi connectivity index (χ2n) is 3.42. The Bertz CT molecular complexity index is 509. The van der Waals surface area contributed by atoms with Gasteiger partial charge in [-0.15, -0.1) is 0 Å². The molecule has 16 heavy (non-hydrogen) atoms. The van der Waals surface area contributed by atoms with E-state index in [9.17, 15) is 8.78 Å². The second-order valence-corrected chi connectivity index (χ2v) is 4.22. The minimum atomic E-state index is -0.538. The number of alkyl halides is 1. The molecule has 0 aliphatic carbocycles. The molecular formula is C13H9BrF2. The van der Waals surface area contributed by atoms with Gasteiger partial charge in [0.05, 0.1) is 0 Å². The van der Waals surface area contributed by atoms with Crippen molar-refractivity contribution in [2.45, 2.75) is 6.67 Å². The molecule has 2 aromatic carbocycles. The van der Waals surface area contributed by atoms with Gasteiger partial charge in [0.15, 0.2) is 0 Å². The Labute approximate surface area is 101 Å². The fourth-order valence-corrected chi connectivity index (χ4v) is 2.16. The summed E-state index contributed by atoms with van der Waals surface area (Å²) >= 11 is 3.34. The lowest BCUT2D eigenvalue weighted by molar-refractivity contribution is 0.484. The fraction of sp³-hybridized carbons (Fsp3) is 0.0769. The number of rotatable bonds is 2. The van der Waals surface area contributed by atoms with E-state index >= 15 is 0 Å². The summed E-state index contributed by atoms with van der Waals surface area (Å²) in [6.07, 6.45) is 0. The quantitative estimate of drug-likeness (QED) is 0.747. The van der Waals surface area contributed by atoms with Crippen LogP contribution in [-0.2, 0) is 6.67 Å². The molecule has 0 atom stereocenters. The molecule has 0 N–H and O–H groups in total. The summed E-state index contributed by atoms with van der Waals surface area (Å²) in [5.74, 6) is -0.296. The maximum Gasteiger partial charge on any atom is 0.123 e. The van der Waals surface area contributed by atoms with Crippen LogP contribution >= 0.6 is 15.9 Å². The van der Waals surface area contributed by atoms with Gasteiger partial charge in [0.25, 0.3) is 0 Å². The molecule has 0 amide bonds. The lowest BCUT2D eigenvalue weighted by Gasteiger charge is -2.07. The Morgan fingerprint density at radius 1 is 1.06 bits per heavy atom. The molecule has 82 valence electrons. The molecule has 2 rings (SSSR count). The van der Waals surface area contributed by atoms with Gasteiger partial charge in [-0.25, -0.2) is 8.78 Å². The lowest BCUT2D eigenvalue weighted by Crippen LogP contribution is -1.86. The standard InChI is InChI=1S/C13H9BrF2/c14-13-10(8-15)4-2-6-12(13)9-3-1-5-11(16)7-9/h1-7H,8H2. The molecule has 2 aromatic rings. The Morgan fingerprint density at radius 2 is 1.81 bits per heavy atom. The van der Waals surface area contributed by atoms with Crippen LogP contribution in [0.5, 0.6) is 0 Å². The highest BCUT2D eigenvalue weighted by molar-refractivity contribution is 9.10. The average molecular weight is 283 g/mol. The van der Waals surface area contributed by atoms with Crippen molar-refractivity contribution in [1.82, 2.24) is 0 Å². The number of hydrogen-bond acceptors (Lipinski definition) is 0. The third-order valence-corrected chi connectivity index (χ3v) is 3.29. The molecule has 0 saturated heterocycles. The van der Waals surface area contributed by atoms with Crippen molar-refractivity contribution in [2.24, 2.45) is 0 Å². The van der Waals surface area contributed by atoms with Gasteiger partial charge >= 0.3 is 0 Å². The van der Waals surface area contributed by atoms with Crippen LogP contribution in [0.2, 0.25) is 0 Å². The van der Waals surface area contributed by atoms with Gasteiger partial charge in [-0.2, -0.15) is 0 Å². The summed E-state index contributed by atoms with van der Waals surface area (Å²) < 4.78 is 26.4. The molecule has 0 nitrogen and oxygen atoms in total. The van der Waals surface area contributed by atoms with Gasteiger partial charge in [-0.3, -0.25) is 0 Å². The largest absolute Gasteiger partial charge is 0.246 e. The molecule has 0 aliphatic heterocycles. The summed E-state index contributed by atoms with van der Waals surface area (Å²) in [7, 11) is 0. The predicted molar refractivity (Wildman–Crippen MR) is 64.3 cm³/mol. The van der Waals surface area contributed by atoms with E-state index < -0.39 is 6.67 Å². The third-order valence-electron chi connectivity index (χ3n) is 2.36. The van der Waals surface area contributed by atoms with Crippen molar-refractivity contribution in [3.63, 3.8) is 0 Å². The summed E-state index contributed by atoms with van der Waals surface area (Å²) in [6.45, 7) is -0.538. The van der Waals surface area contributed by atoms with Crippen LogP contribution in [0.25, 0.3) is 11.1 Å². The summed E-state index contributed by atoms with van der Waals surface area (Å²) in [5.41, 5.74) is 2.11. The van der Waals surface area contributed by atoms with Crippen molar-refractivity contribution in [2.75, 3.05) is 0 Å². The van der Waals surface area contributed by atoms with Crippen LogP contribution < -0.4 is 0 Å². The molecule has 0 fully saturated rings. The van der Waals surface area contributed by atoms with E-state index in [1.807, 2.05) is 6.07 Å². The molecule has 0 aromatic heterocycles. The van der Waals surface area contributed by atoms with Crippen molar-refractivity contribution >= 4 is 15.9 Å². The number of hydrogen-bond donors (Lipinski definition) is 0. The van der Waals surface area contributed by atoms with Crippen molar-refractivity contribution in [1.29, 1.82) is 0 Å². The summed E-state index contributed by atoms with van der Waals surface area (Å²) in [4.78, 5) is 0. The molecule has 0 bridgehead atoms. The maximum atomic E-state index is 13.1. The maximum absolute atomic E-state index is 13.1. The van der Waals surface area contributed by atoms with Crippen molar-refractivity contribution < 1.29 is 8.78 Å². The van der Waals surface area contributed by atoms with Gasteiger partial charge in [0.1, 0.15) is 12.5 Å². The van der Waals surface area contributed by atoms with Crippen LogP contribution in [0.4, 0.5) is 8.78 Å². The highest BCUT2D eigenvalue weighted by Gasteiger charge is 2.07. The zero-order valence-electron chi connectivity index (χ0n) is 8.38. The van der Waals surface area contributed by atoms with E-state index in [-0.39, 0.29) is 5.82 Å². The number of benzene rings is 2. The third kappa shape index (κ3) is 2.14. The normalized spacial score (nSPS) is 10.4. The first kappa shape index (κ1) is 11.3. The van der Waals surface area contributed by atoms with Gasteiger partial charge in [-0.05, 0) is 44.8 Å².